The van der Waals surface area contributed by atoms with Gasteiger partial charge in [-0.2, -0.15) is 0 Å². The van der Waals surface area contributed by atoms with E-state index in [1.807, 2.05) is 24.3 Å². The molecule has 2 aromatic carbocycles. The zero-order valence-electron chi connectivity index (χ0n) is 9.88. The number of carbonyl (C=O) groups is 2. The Morgan fingerprint density at radius 2 is 1.11 bits per heavy atom. The van der Waals surface area contributed by atoms with Crippen LogP contribution < -0.4 is 0 Å². The number of Topliss-reactive ketones (excluding diaryl/α,β-unsaturated/α-hetero) is 2. The third-order valence-electron chi connectivity index (χ3n) is 2.77. The minimum atomic E-state index is 0.00976. The fourth-order valence-electron chi connectivity index (χ4n) is 1.83. The molecule has 0 heterocycles. The van der Waals surface area contributed by atoms with Gasteiger partial charge in [0.2, 0.25) is 0 Å². The third-order valence-corrected chi connectivity index (χ3v) is 4.08. The summed E-state index contributed by atoms with van der Waals surface area (Å²) in [4.78, 5) is 22.9. The lowest BCUT2D eigenvalue weighted by Gasteiger charge is -2.07. The van der Waals surface area contributed by atoms with Crippen molar-refractivity contribution >= 4 is 54.2 Å². The first-order chi connectivity index (χ1) is 8.40. The maximum atomic E-state index is 11.5. The van der Waals surface area contributed by atoms with Gasteiger partial charge in [0.05, 0.1) is 0 Å². The fourth-order valence-corrected chi connectivity index (χ4v) is 3.11. The predicted molar refractivity (Wildman–Crippen MR) is 79.4 cm³/mol. The summed E-state index contributed by atoms with van der Waals surface area (Å²) in [6, 6.07) is 7.39. The topological polar surface area (TPSA) is 34.1 Å². The van der Waals surface area contributed by atoms with Crippen LogP contribution in [-0.4, -0.2) is 11.6 Å². The highest BCUT2D eigenvalue weighted by Crippen LogP contribution is 2.29. The van der Waals surface area contributed by atoms with Crippen LogP contribution in [0.3, 0.4) is 0 Å². The van der Waals surface area contributed by atoms with Gasteiger partial charge in [-0.1, -0.05) is 31.9 Å². The molecule has 2 aromatic rings. The van der Waals surface area contributed by atoms with E-state index in [1.165, 1.54) is 13.8 Å². The van der Waals surface area contributed by atoms with E-state index < -0.39 is 0 Å². The van der Waals surface area contributed by atoms with Crippen molar-refractivity contribution in [2.75, 3.05) is 0 Å². The number of hydrogen-bond donors (Lipinski definition) is 0. The minimum absolute atomic E-state index is 0.00976. The van der Waals surface area contributed by atoms with E-state index in [0.29, 0.717) is 11.1 Å². The Bertz CT molecular complexity index is 616. The third kappa shape index (κ3) is 2.40. The molecule has 0 unspecified atom stereocenters. The molecule has 0 aromatic heterocycles. The molecule has 0 atom stereocenters. The lowest BCUT2D eigenvalue weighted by Crippen LogP contribution is -1.96. The predicted octanol–water partition coefficient (Wildman–Crippen LogP) is 4.77. The lowest BCUT2D eigenvalue weighted by atomic mass is 10.0. The molecule has 92 valence electrons. The number of benzene rings is 2. The van der Waals surface area contributed by atoms with E-state index in [-0.39, 0.29) is 11.6 Å². The van der Waals surface area contributed by atoms with Gasteiger partial charge in [-0.3, -0.25) is 9.59 Å². The second-order valence-corrected chi connectivity index (χ2v) is 5.83. The standard InChI is InChI=1S/C14H10Br2O2/c1-7(17)11-3-9-6-14(16)12(8(2)18)4-10(9)5-13(11)15/h3-6H,1-2H3. The Morgan fingerprint density at radius 3 is 1.39 bits per heavy atom. The average Bonchev–Trinajstić information content (AvgIpc) is 2.27. The van der Waals surface area contributed by atoms with Crippen LogP contribution in [0.5, 0.6) is 0 Å². The number of halogens is 2. The van der Waals surface area contributed by atoms with E-state index >= 15 is 0 Å². The first-order valence-electron chi connectivity index (χ1n) is 5.35. The summed E-state index contributed by atoms with van der Waals surface area (Å²) in [5.74, 6) is 0.0195. The van der Waals surface area contributed by atoms with Crippen LogP contribution in [0, 0.1) is 0 Å². The SMILES string of the molecule is CC(=O)c1cc2cc(Br)c(C(C)=O)cc2cc1Br. The van der Waals surface area contributed by atoms with Gasteiger partial charge in [-0.15, -0.1) is 0 Å². The first-order valence-corrected chi connectivity index (χ1v) is 6.93. The minimum Gasteiger partial charge on any atom is -0.294 e. The number of carbonyl (C=O) groups excluding carboxylic acids is 2. The van der Waals surface area contributed by atoms with Gasteiger partial charge in [0.15, 0.2) is 11.6 Å². The molecule has 18 heavy (non-hydrogen) atoms. The molecule has 0 aliphatic carbocycles. The second kappa shape index (κ2) is 4.94. The quantitative estimate of drug-likeness (QED) is 0.714. The van der Waals surface area contributed by atoms with Gasteiger partial charge in [0.1, 0.15) is 0 Å². The summed E-state index contributed by atoms with van der Waals surface area (Å²) < 4.78 is 1.50. The number of fused-ring (bicyclic) bond motifs is 1. The number of hydrogen-bond acceptors (Lipinski definition) is 2. The van der Waals surface area contributed by atoms with E-state index in [2.05, 4.69) is 31.9 Å². The summed E-state index contributed by atoms with van der Waals surface area (Å²) in [6.07, 6.45) is 0. The molecule has 0 radical (unpaired) electrons. The Morgan fingerprint density at radius 1 is 0.778 bits per heavy atom. The van der Waals surface area contributed by atoms with Crippen LogP contribution in [0.1, 0.15) is 34.6 Å². The first kappa shape index (κ1) is 13.4. The second-order valence-electron chi connectivity index (χ2n) is 4.12. The van der Waals surface area contributed by atoms with Crippen molar-refractivity contribution in [3.63, 3.8) is 0 Å². The average molecular weight is 370 g/mol. The van der Waals surface area contributed by atoms with E-state index in [0.717, 1.165) is 19.7 Å². The molecule has 0 aliphatic heterocycles. The fraction of sp³-hybridized carbons (Fsp3) is 0.143. The van der Waals surface area contributed by atoms with Crippen molar-refractivity contribution in [3.05, 3.63) is 44.3 Å². The molecule has 0 saturated carbocycles. The summed E-state index contributed by atoms with van der Waals surface area (Å²) in [6.45, 7) is 3.07. The zero-order valence-corrected chi connectivity index (χ0v) is 13.1. The Kier molecular flexibility index (Phi) is 3.69. The van der Waals surface area contributed by atoms with Gasteiger partial charge in [-0.25, -0.2) is 0 Å². The van der Waals surface area contributed by atoms with Crippen LogP contribution in [0.15, 0.2) is 33.2 Å². The van der Waals surface area contributed by atoms with Crippen LogP contribution >= 0.6 is 31.9 Å². The van der Waals surface area contributed by atoms with Crippen LogP contribution in [-0.2, 0) is 0 Å². The highest BCUT2D eigenvalue weighted by atomic mass is 79.9. The molecular weight excluding hydrogens is 360 g/mol. The molecule has 0 fully saturated rings. The van der Waals surface area contributed by atoms with Crippen LogP contribution in [0.25, 0.3) is 10.8 Å². The van der Waals surface area contributed by atoms with Crippen molar-refractivity contribution in [1.82, 2.24) is 0 Å². The monoisotopic (exact) mass is 368 g/mol. The van der Waals surface area contributed by atoms with Gasteiger partial charge >= 0.3 is 0 Å². The van der Waals surface area contributed by atoms with Gasteiger partial charge < -0.3 is 0 Å². The molecular formula is C14H10Br2O2. The Labute approximate surface area is 122 Å². The maximum Gasteiger partial charge on any atom is 0.160 e. The smallest absolute Gasteiger partial charge is 0.160 e. The summed E-state index contributed by atoms with van der Waals surface area (Å²) in [5.41, 5.74) is 1.29. The van der Waals surface area contributed by atoms with Gasteiger partial charge in [-0.05, 0) is 48.9 Å². The number of ketones is 2. The molecule has 0 bridgehead atoms. The normalized spacial score (nSPS) is 10.7. The molecule has 0 aliphatic rings. The highest BCUT2D eigenvalue weighted by Gasteiger charge is 2.11. The van der Waals surface area contributed by atoms with Gasteiger partial charge in [0.25, 0.3) is 0 Å². The zero-order chi connectivity index (χ0) is 13.4. The Hall–Kier alpha value is -1.00. The largest absolute Gasteiger partial charge is 0.294 e. The van der Waals surface area contributed by atoms with Crippen molar-refractivity contribution in [2.24, 2.45) is 0 Å². The molecule has 4 heteroatoms. The molecule has 2 nitrogen and oxygen atoms in total. The van der Waals surface area contributed by atoms with E-state index in [9.17, 15) is 9.59 Å². The lowest BCUT2D eigenvalue weighted by molar-refractivity contribution is 0.100. The van der Waals surface area contributed by atoms with Crippen molar-refractivity contribution in [3.8, 4) is 0 Å². The van der Waals surface area contributed by atoms with Gasteiger partial charge in [0, 0.05) is 20.1 Å². The van der Waals surface area contributed by atoms with Crippen molar-refractivity contribution in [1.29, 1.82) is 0 Å². The molecule has 2 rings (SSSR count). The Balaban J connectivity index is 2.78. The van der Waals surface area contributed by atoms with Crippen molar-refractivity contribution < 1.29 is 9.59 Å². The highest BCUT2D eigenvalue weighted by molar-refractivity contribution is 9.10. The summed E-state index contributed by atoms with van der Waals surface area (Å²) in [5, 5.41) is 1.86. The maximum absolute atomic E-state index is 11.5. The number of rotatable bonds is 2. The van der Waals surface area contributed by atoms with Crippen LogP contribution in [0.2, 0.25) is 0 Å². The molecule has 0 saturated heterocycles. The summed E-state index contributed by atoms with van der Waals surface area (Å²) in [7, 11) is 0. The molecule has 0 N–H and O–H groups in total. The molecule has 0 spiro atoms. The summed E-state index contributed by atoms with van der Waals surface area (Å²) >= 11 is 6.76. The van der Waals surface area contributed by atoms with Crippen molar-refractivity contribution in [2.45, 2.75) is 13.8 Å². The molecule has 0 amide bonds. The van der Waals surface area contributed by atoms with Crippen LogP contribution in [0.4, 0.5) is 0 Å². The van der Waals surface area contributed by atoms with E-state index in [1.54, 1.807) is 0 Å². The van der Waals surface area contributed by atoms with E-state index in [4.69, 9.17) is 0 Å².